The van der Waals surface area contributed by atoms with Crippen LogP contribution in [0.3, 0.4) is 0 Å². The molecule has 0 aliphatic heterocycles. The second kappa shape index (κ2) is 7.24. The smallest absolute Gasteiger partial charge is 0.221 e. The SMILES string of the molecule is CCOc1ccccc1C=Nc1ccc(NC(C)=O)cc1. The summed E-state index contributed by atoms with van der Waals surface area (Å²) in [5, 5.41) is 2.72. The molecule has 0 bridgehead atoms. The summed E-state index contributed by atoms with van der Waals surface area (Å²) < 4.78 is 5.55. The minimum Gasteiger partial charge on any atom is -0.493 e. The van der Waals surface area contributed by atoms with Crippen LogP contribution in [0, 0.1) is 0 Å². The van der Waals surface area contributed by atoms with Crippen LogP contribution in [0.5, 0.6) is 5.75 Å². The van der Waals surface area contributed by atoms with Gasteiger partial charge < -0.3 is 10.1 Å². The van der Waals surface area contributed by atoms with Crippen LogP contribution >= 0.6 is 0 Å². The van der Waals surface area contributed by atoms with Crippen LogP contribution in [0.2, 0.25) is 0 Å². The molecule has 4 heteroatoms. The van der Waals surface area contributed by atoms with Gasteiger partial charge in [-0.1, -0.05) is 12.1 Å². The summed E-state index contributed by atoms with van der Waals surface area (Å²) >= 11 is 0. The summed E-state index contributed by atoms with van der Waals surface area (Å²) in [7, 11) is 0. The van der Waals surface area contributed by atoms with Gasteiger partial charge in [0.2, 0.25) is 5.91 Å². The van der Waals surface area contributed by atoms with E-state index < -0.39 is 0 Å². The molecule has 2 aromatic rings. The zero-order valence-electron chi connectivity index (χ0n) is 12.2. The number of aliphatic imine (C=N–C) groups is 1. The molecule has 0 atom stereocenters. The van der Waals surface area contributed by atoms with Crippen molar-refractivity contribution in [3.05, 3.63) is 54.1 Å². The average Bonchev–Trinajstić information content (AvgIpc) is 2.48. The Hall–Kier alpha value is -2.62. The Morgan fingerprint density at radius 1 is 1.19 bits per heavy atom. The Morgan fingerprint density at radius 2 is 1.90 bits per heavy atom. The summed E-state index contributed by atoms with van der Waals surface area (Å²) in [5.74, 6) is 0.732. The van der Waals surface area contributed by atoms with E-state index in [1.165, 1.54) is 6.92 Å². The summed E-state index contributed by atoms with van der Waals surface area (Å²) in [5.41, 5.74) is 2.51. The maximum atomic E-state index is 11.0. The molecule has 4 nitrogen and oxygen atoms in total. The lowest BCUT2D eigenvalue weighted by Gasteiger charge is -2.06. The number of hydrogen-bond acceptors (Lipinski definition) is 3. The van der Waals surface area contributed by atoms with E-state index in [9.17, 15) is 4.79 Å². The van der Waals surface area contributed by atoms with Crippen LogP contribution in [-0.4, -0.2) is 18.7 Å². The first kappa shape index (κ1) is 14.8. The normalized spacial score (nSPS) is 10.6. The zero-order valence-corrected chi connectivity index (χ0v) is 12.2. The van der Waals surface area contributed by atoms with Crippen molar-refractivity contribution in [2.75, 3.05) is 11.9 Å². The number of amides is 1. The van der Waals surface area contributed by atoms with Gasteiger partial charge in [-0.25, -0.2) is 0 Å². The lowest BCUT2D eigenvalue weighted by Crippen LogP contribution is -2.04. The fourth-order valence-corrected chi connectivity index (χ4v) is 1.85. The van der Waals surface area contributed by atoms with Crippen molar-refractivity contribution in [2.24, 2.45) is 4.99 Å². The van der Waals surface area contributed by atoms with Gasteiger partial charge in [0.1, 0.15) is 5.75 Å². The van der Waals surface area contributed by atoms with E-state index in [-0.39, 0.29) is 5.91 Å². The predicted molar refractivity (Wildman–Crippen MR) is 85.6 cm³/mol. The van der Waals surface area contributed by atoms with Crippen molar-refractivity contribution in [1.29, 1.82) is 0 Å². The van der Waals surface area contributed by atoms with E-state index in [2.05, 4.69) is 10.3 Å². The first-order valence-corrected chi connectivity index (χ1v) is 6.82. The number of para-hydroxylation sites is 1. The third kappa shape index (κ3) is 4.45. The van der Waals surface area contributed by atoms with Crippen LogP contribution < -0.4 is 10.1 Å². The van der Waals surface area contributed by atoms with Crippen LogP contribution in [0.1, 0.15) is 19.4 Å². The minimum absolute atomic E-state index is 0.0862. The van der Waals surface area contributed by atoms with Crippen molar-refractivity contribution < 1.29 is 9.53 Å². The molecule has 0 aromatic heterocycles. The molecule has 108 valence electrons. The molecule has 1 amide bonds. The van der Waals surface area contributed by atoms with Gasteiger partial charge in [-0.05, 0) is 43.3 Å². The zero-order chi connectivity index (χ0) is 15.1. The summed E-state index contributed by atoms with van der Waals surface area (Å²) in [4.78, 5) is 15.4. The van der Waals surface area contributed by atoms with Gasteiger partial charge in [0.25, 0.3) is 0 Å². The molecule has 0 aliphatic rings. The fourth-order valence-electron chi connectivity index (χ4n) is 1.85. The molecule has 21 heavy (non-hydrogen) atoms. The van der Waals surface area contributed by atoms with Crippen molar-refractivity contribution in [3.8, 4) is 5.75 Å². The number of carbonyl (C=O) groups excluding carboxylic acids is 1. The van der Waals surface area contributed by atoms with E-state index in [1.807, 2.05) is 55.5 Å². The number of carbonyl (C=O) groups is 1. The van der Waals surface area contributed by atoms with Crippen molar-refractivity contribution >= 4 is 23.5 Å². The number of rotatable bonds is 5. The lowest BCUT2D eigenvalue weighted by molar-refractivity contribution is -0.114. The molecule has 0 spiro atoms. The number of benzene rings is 2. The summed E-state index contributed by atoms with van der Waals surface area (Å²) in [6.45, 7) is 4.06. The second-order valence-electron chi connectivity index (χ2n) is 4.46. The minimum atomic E-state index is -0.0862. The highest BCUT2D eigenvalue weighted by atomic mass is 16.5. The number of anilines is 1. The Balaban J connectivity index is 2.12. The molecule has 0 unspecified atom stereocenters. The molecule has 2 rings (SSSR count). The Kier molecular flexibility index (Phi) is 5.10. The molecule has 0 saturated heterocycles. The van der Waals surface area contributed by atoms with E-state index in [4.69, 9.17) is 4.74 Å². The highest BCUT2D eigenvalue weighted by Gasteiger charge is 1.99. The van der Waals surface area contributed by atoms with E-state index in [1.54, 1.807) is 6.21 Å². The molecule has 0 fully saturated rings. The van der Waals surface area contributed by atoms with Crippen LogP contribution in [0.15, 0.2) is 53.5 Å². The molecule has 0 heterocycles. The van der Waals surface area contributed by atoms with Crippen molar-refractivity contribution in [2.45, 2.75) is 13.8 Å². The standard InChI is InChI=1S/C17H18N2O2/c1-3-21-17-7-5-4-6-14(17)12-18-15-8-10-16(11-9-15)19-13(2)20/h4-12H,3H2,1-2H3,(H,19,20). The molecule has 1 N–H and O–H groups in total. The van der Waals surface area contributed by atoms with Crippen LogP contribution in [0.25, 0.3) is 0 Å². The van der Waals surface area contributed by atoms with Gasteiger partial charge in [-0.2, -0.15) is 0 Å². The van der Waals surface area contributed by atoms with Gasteiger partial charge in [-0.15, -0.1) is 0 Å². The quantitative estimate of drug-likeness (QED) is 0.848. The third-order valence-electron chi connectivity index (χ3n) is 2.76. The van der Waals surface area contributed by atoms with E-state index >= 15 is 0 Å². The Morgan fingerprint density at radius 3 is 2.57 bits per heavy atom. The highest BCUT2D eigenvalue weighted by molar-refractivity contribution is 5.89. The lowest BCUT2D eigenvalue weighted by atomic mass is 10.2. The highest BCUT2D eigenvalue weighted by Crippen LogP contribution is 2.19. The van der Waals surface area contributed by atoms with Gasteiger partial charge in [0, 0.05) is 24.4 Å². The van der Waals surface area contributed by atoms with Crippen molar-refractivity contribution in [1.82, 2.24) is 0 Å². The average molecular weight is 282 g/mol. The van der Waals surface area contributed by atoms with Crippen LogP contribution in [-0.2, 0) is 4.79 Å². The van der Waals surface area contributed by atoms with Gasteiger partial charge in [0.15, 0.2) is 0 Å². The number of nitrogens with one attached hydrogen (secondary N) is 1. The first-order valence-electron chi connectivity index (χ1n) is 6.82. The summed E-state index contributed by atoms with van der Waals surface area (Å²) in [6.07, 6.45) is 1.78. The molecule has 0 radical (unpaired) electrons. The molecule has 0 saturated carbocycles. The maximum absolute atomic E-state index is 11.0. The topological polar surface area (TPSA) is 50.7 Å². The number of ether oxygens (including phenoxy) is 1. The maximum Gasteiger partial charge on any atom is 0.221 e. The number of nitrogens with zero attached hydrogens (tertiary/aromatic N) is 1. The fraction of sp³-hybridized carbons (Fsp3) is 0.176. The largest absolute Gasteiger partial charge is 0.493 e. The molecular formula is C17H18N2O2. The van der Waals surface area contributed by atoms with Crippen LogP contribution in [0.4, 0.5) is 11.4 Å². The van der Waals surface area contributed by atoms with Gasteiger partial charge in [0.05, 0.1) is 12.3 Å². The summed E-state index contributed by atoms with van der Waals surface area (Å²) in [6, 6.07) is 15.1. The molecular weight excluding hydrogens is 264 g/mol. The second-order valence-corrected chi connectivity index (χ2v) is 4.46. The predicted octanol–water partition coefficient (Wildman–Crippen LogP) is 3.79. The van der Waals surface area contributed by atoms with Gasteiger partial charge >= 0.3 is 0 Å². The Labute approximate surface area is 124 Å². The van der Waals surface area contributed by atoms with E-state index in [0.717, 1.165) is 22.7 Å². The van der Waals surface area contributed by atoms with Crippen molar-refractivity contribution in [3.63, 3.8) is 0 Å². The monoisotopic (exact) mass is 282 g/mol. The third-order valence-corrected chi connectivity index (χ3v) is 2.76. The first-order chi connectivity index (χ1) is 10.2. The molecule has 2 aromatic carbocycles. The molecule has 0 aliphatic carbocycles. The number of hydrogen-bond donors (Lipinski definition) is 1. The van der Waals surface area contributed by atoms with Gasteiger partial charge in [-0.3, -0.25) is 9.79 Å². The Bertz CT molecular complexity index is 633. The van der Waals surface area contributed by atoms with E-state index in [0.29, 0.717) is 6.61 Å².